The number of amides is 1. The second-order valence-electron chi connectivity index (χ2n) is 9.69. The third kappa shape index (κ3) is 7.12. The molecule has 1 amide bonds. The van der Waals surface area contributed by atoms with Crippen molar-refractivity contribution in [1.82, 2.24) is 10.2 Å². The number of carbonyl (C=O) groups is 1. The van der Waals surface area contributed by atoms with E-state index in [-0.39, 0.29) is 17.3 Å². The van der Waals surface area contributed by atoms with Gasteiger partial charge in [0.15, 0.2) is 0 Å². The molecule has 1 N–H and O–H groups in total. The van der Waals surface area contributed by atoms with Crippen LogP contribution in [0.3, 0.4) is 0 Å². The van der Waals surface area contributed by atoms with Crippen LogP contribution in [-0.2, 0) is 27.9 Å². The van der Waals surface area contributed by atoms with Crippen molar-refractivity contribution in [3.8, 4) is 0 Å². The molecule has 196 valence electrons. The summed E-state index contributed by atoms with van der Waals surface area (Å²) in [5.74, 6) is -0.383. The molecule has 8 heteroatoms. The lowest BCUT2D eigenvalue weighted by Crippen LogP contribution is -2.41. The fourth-order valence-electron chi connectivity index (χ4n) is 4.64. The van der Waals surface area contributed by atoms with Crippen molar-refractivity contribution in [1.29, 1.82) is 0 Å². The monoisotopic (exact) mass is 539 g/mol. The van der Waals surface area contributed by atoms with Gasteiger partial charge in [-0.3, -0.25) is 14.0 Å². The number of hydrogen-bond donors (Lipinski definition) is 1. The van der Waals surface area contributed by atoms with Gasteiger partial charge in [-0.05, 0) is 86.8 Å². The maximum absolute atomic E-state index is 13.6. The highest BCUT2D eigenvalue weighted by molar-refractivity contribution is 7.92. The molecule has 0 unspecified atom stereocenters. The summed E-state index contributed by atoms with van der Waals surface area (Å²) in [6, 6.07) is 19.8. The van der Waals surface area contributed by atoms with Crippen LogP contribution in [0, 0.1) is 13.8 Å². The standard InChI is InChI=1S/C29H34ClN3O3S/c1-22-9-12-27(13-10-22)37(35,36)33(28-14-11-26(30)17-23(28)2)21-29(34)31-19-24-7-6-8-25(18-24)20-32-15-4-3-5-16-32/h6-14,17-18H,3-5,15-16,19-21H2,1-2H3,(H,31,34). The maximum Gasteiger partial charge on any atom is 0.264 e. The Balaban J connectivity index is 1.49. The Hall–Kier alpha value is -2.87. The summed E-state index contributed by atoms with van der Waals surface area (Å²) < 4.78 is 28.4. The molecule has 0 aromatic heterocycles. The van der Waals surface area contributed by atoms with E-state index in [2.05, 4.69) is 22.3 Å². The summed E-state index contributed by atoms with van der Waals surface area (Å²) >= 11 is 6.12. The van der Waals surface area contributed by atoms with E-state index in [0.29, 0.717) is 22.8 Å². The highest BCUT2D eigenvalue weighted by atomic mass is 35.5. The largest absolute Gasteiger partial charge is 0.350 e. The van der Waals surface area contributed by atoms with Gasteiger partial charge in [-0.1, -0.05) is 60.0 Å². The molecule has 1 saturated heterocycles. The Morgan fingerprint density at radius 1 is 0.946 bits per heavy atom. The van der Waals surface area contributed by atoms with Gasteiger partial charge < -0.3 is 5.32 Å². The first-order chi connectivity index (χ1) is 17.7. The molecule has 0 atom stereocenters. The van der Waals surface area contributed by atoms with Crippen LogP contribution in [0.25, 0.3) is 0 Å². The number of nitrogens with zero attached hydrogens (tertiary/aromatic N) is 2. The van der Waals surface area contributed by atoms with Crippen molar-refractivity contribution in [2.75, 3.05) is 23.9 Å². The van der Waals surface area contributed by atoms with E-state index in [1.807, 2.05) is 19.1 Å². The number of piperidine rings is 1. The third-order valence-corrected chi connectivity index (χ3v) is 8.67. The first kappa shape index (κ1) is 27.2. The van der Waals surface area contributed by atoms with Gasteiger partial charge in [0.25, 0.3) is 10.0 Å². The van der Waals surface area contributed by atoms with Crippen molar-refractivity contribution in [3.63, 3.8) is 0 Å². The topological polar surface area (TPSA) is 69.7 Å². The average molecular weight is 540 g/mol. The molecule has 0 radical (unpaired) electrons. The fraction of sp³-hybridized carbons (Fsp3) is 0.345. The summed E-state index contributed by atoms with van der Waals surface area (Å²) in [4.78, 5) is 15.7. The van der Waals surface area contributed by atoms with E-state index in [9.17, 15) is 13.2 Å². The van der Waals surface area contributed by atoms with Crippen LogP contribution in [0.5, 0.6) is 0 Å². The van der Waals surface area contributed by atoms with E-state index in [4.69, 9.17) is 11.6 Å². The zero-order valence-corrected chi connectivity index (χ0v) is 23.0. The van der Waals surface area contributed by atoms with E-state index in [1.165, 1.54) is 24.8 Å². The number of rotatable bonds is 9. The molecular formula is C29H34ClN3O3S. The SMILES string of the molecule is Cc1ccc(S(=O)(=O)N(CC(=O)NCc2cccc(CN3CCCCC3)c2)c2ccc(Cl)cc2C)cc1. The smallest absolute Gasteiger partial charge is 0.264 e. The normalized spacial score (nSPS) is 14.4. The van der Waals surface area contributed by atoms with E-state index in [0.717, 1.165) is 35.1 Å². The molecule has 0 spiro atoms. The van der Waals surface area contributed by atoms with Crippen LogP contribution in [-0.4, -0.2) is 38.9 Å². The van der Waals surface area contributed by atoms with Crippen LogP contribution in [0.1, 0.15) is 41.5 Å². The highest BCUT2D eigenvalue weighted by Crippen LogP contribution is 2.29. The molecular weight excluding hydrogens is 506 g/mol. The molecule has 0 bridgehead atoms. The lowest BCUT2D eigenvalue weighted by Gasteiger charge is -2.26. The molecule has 6 nitrogen and oxygen atoms in total. The molecule has 1 heterocycles. The third-order valence-electron chi connectivity index (χ3n) is 6.66. The lowest BCUT2D eigenvalue weighted by atomic mass is 10.1. The van der Waals surface area contributed by atoms with Crippen LogP contribution in [0.4, 0.5) is 5.69 Å². The van der Waals surface area contributed by atoms with Crippen molar-refractivity contribution >= 4 is 33.2 Å². The Bertz CT molecular complexity index is 1340. The zero-order chi connectivity index (χ0) is 26.4. The fourth-order valence-corrected chi connectivity index (χ4v) is 6.35. The number of hydrogen-bond acceptors (Lipinski definition) is 4. The summed E-state index contributed by atoms with van der Waals surface area (Å²) in [7, 11) is -3.98. The molecule has 0 aliphatic carbocycles. The van der Waals surface area contributed by atoms with Crippen molar-refractivity contribution < 1.29 is 13.2 Å². The van der Waals surface area contributed by atoms with Gasteiger partial charge in [0.05, 0.1) is 10.6 Å². The average Bonchev–Trinajstić information content (AvgIpc) is 2.87. The minimum absolute atomic E-state index is 0.130. The summed E-state index contributed by atoms with van der Waals surface area (Å²) in [6.45, 7) is 6.81. The van der Waals surface area contributed by atoms with Gasteiger partial charge in [-0.15, -0.1) is 0 Å². The number of likely N-dealkylation sites (tertiary alicyclic amines) is 1. The number of nitrogens with one attached hydrogen (secondary N) is 1. The minimum atomic E-state index is -3.98. The van der Waals surface area contributed by atoms with Gasteiger partial charge in [-0.2, -0.15) is 0 Å². The quantitative estimate of drug-likeness (QED) is 0.392. The molecule has 1 fully saturated rings. The number of aryl methyl sites for hydroxylation is 2. The number of carbonyl (C=O) groups excluding carboxylic acids is 1. The number of sulfonamides is 1. The molecule has 0 saturated carbocycles. The Labute approximate surface area is 225 Å². The zero-order valence-electron chi connectivity index (χ0n) is 21.4. The molecule has 37 heavy (non-hydrogen) atoms. The van der Waals surface area contributed by atoms with Gasteiger partial charge in [0.2, 0.25) is 5.91 Å². The number of benzene rings is 3. The number of anilines is 1. The molecule has 3 aromatic carbocycles. The molecule has 3 aromatic rings. The second-order valence-corrected chi connectivity index (χ2v) is 12.0. The van der Waals surface area contributed by atoms with Gasteiger partial charge >= 0.3 is 0 Å². The van der Waals surface area contributed by atoms with E-state index in [1.54, 1.807) is 49.4 Å². The van der Waals surface area contributed by atoms with Gasteiger partial charge in [-0.25, -0.2) is 8.42 Å². The van der Waals surface area contributed by atoms with E-state index < -0.39 is 10.0 Å². The maximum atomic E-state index is 13.6. The molecule has 1 aliphatic heterocycles. The molecule has 1 aliphatic rings. The summed E-state index contributed by atoms with van der Waals surface area (Å²) in [6.07, 6.45) is 3.78. The Kier molecular flexibility index (Phi) is 8.90. The Morgan fingerprint density at radius 2 is 1.65 bits per heavy atom. The van der Waals surface area contributed by atoms with Crippen LogP contribution in [0.15, 0.2) is 71.6 Å². The summed E-state index contributed by atoms with van der Waals surface area (Å²) in [5, 5.41) is 3.41. The van der Waals surface area contributed by atoms with Crippen LogP contribution in [0.2, 0.25) is 5.02 Å². The second kappa shape index (κ2) is 12.1. The highest BCUT2D eigenvalue weighted by Gasteiger charge is 2.28. The van der Waals surface area contributed by atoms with Crippen molar-refractivity contribution in [2.45, 2.75) is 51.1 Å². The van der Waals surface area contributed by atoms with Gasteiger partial charge in [0, 0.05) is 18.1 Å². The molecule has 4 rings (SSSR count). The first-order valence-electron chi connectivity index (χ1n) is 12.6. The number of halogens is 1. The summed E-state index contributed by atoms with van der Waals surface area (Å²) in [5.41, 5.74) is 4.24. The lowest BCUT2D eigenvalue weighted by molar-refractivity contribution is -0.119. The van der Waals surface area contributed by atoms with Crippen LogP contribution < -0.4 is 9.62 Å². The van der Waals surface area contributed by atoms with Crippen molar-refractivity contribution in [3.05, 3.63) is 94.0 Å². The van der Waals surface area contributed by atoms with Gasteiger partial charge in [0.1, 0.15) is 6.54 Å². The van der Waals surface area contributed by atoms with Crippen molar-refractivity contribution in [2.24, 2.45) is 0 Å². The minimum Gasteiger partial charge on any atom is -0.350 e. The predicted molar refractivity (Wildman–Crippen MR) is 149 cm³/mol. The van der Waals surface area contributed by atoms with Crippen LogP contribution >= 0.6 is 11.6 Å². The Morgan fingerprint density at radius 3 is 2.35 bits per heavy atom. The first-order valence-corrected chi connectivity index (χ1v) is 14.5. The predicted octanol–water partition coefficient (Wildman–Crippen LogP) is 5.45. The van der Waals surface area contributed by atoms with E-state index >= 15 is 0 Å².